The molecule has 1 heterocycles. The third-order valence-corrected chi connectivity index (χ3v) is 3.47. The predicted molar refractivity (Wildman–Crippen MR) is 77.8 cm³/mol. The summed E-state index contributed by atoms with van der Waals surface area (Å²) in [5.74, 6) is 0. The lowest BCUT2D eigenvalue weighted by molar-refractivity contribution is 0.977. The summed E-state index contributed by atoms with van der Waals surface area (Å²) in [5.41, 5.74) is 6.49. The van der Waals surface area contributed by atoms with E-state index in [-0.39, 0.29) is 0 Å². The van der Waals surface area contributed by atoms with Crippen molar-refractivity contribution in [3.8, 4) is 11.3 Å². The molecule has 3 aromatic rings. The smallest absolute Gasteiger partial charge is 0.0488 e. The van der Waals surface area contributed by atoms with Gasteiger partial charge in [-0.05, 0) is 43.7 Å². The van der Waals surface area contributed by atoms with Crippen LogP contribution in [0.5, 0.6) is 0 Å². The lowest BCUT2D eigenvalue weighted by Crippen LogP contribution is -1.92. The minimum atomic E-state index is 1.28. The normalized spacial score (nSPS) is 11.1. The molecule has 0 atom stereocenters. The van der Waals surface area contributed by atoms with Crippen molar-refractivity contribution in [1.29, 1.82) is 0 Å². The van der Waals surface area contributed by atoms with Crippen LogP contribution in [0.4, 0.5) is 0 Å². The van der Waals surface area contributed by atoms with Gasteiger partial charge in [0.25, 0.3) is 0 Å². The Kier molecular flexibility index (Phi) is 2.48. The Morgan fingerprint density at radius 3 is 2.17 bits per heavy atom. The average molecular weight is 235 g/mol. The molecule has 90 valence electrons. The van der Waals surface area contributed by atoms with E-state index in [4.69, 9.17) is 0 Å². The minimum absolute atomic E-state index is 1.28. The molecular formula is C17H17N. The first-order valence-electron chi connectivity index (χ1n) is 6.28. The number of aryl methyl sites for hydroxylation is 3. The maximum absolute atomic E-state index is 2.27. The van der Waals surface area contributed by atoms with Gasteiger partial charge in [-0.3, -0.25) is 0 Å². The van der Waals surface area contributed by atoms with Crippen molar-refractivity contribution >= 4 is 10.9 Å². The van der Waals surface area contributed by atoms with E-state index in [1.54, 1.807) is 0 Å². The SMILES string of the molecule is Cc1cc(C)cc(-c2cc3ccccc3n2C)c1. The molecule has 2 aromatic carbocycles. The number of benzene rings is 2. The fourth-order valence-electron chi connectivity index (χ4n) is 2.69. The second kappa shape index (κ2) is 4.02. The molecule has 0 saturated carbocycles. The molecule has 0 N–H and O–H groups in total. The van der Waals surface area contributed by atoms with Crippen molar-refractivity contribution in [2.45, 2.75) is 13.8 Å². The predicted octanol–water partition coefficient (Wildman–Crippen LogP) is 4.46. The number of fused-ring (bicyclic) bond motifs is 1. The molecule has 0 fully saturated rings. The van der Waals surface area contributed by atoms with E-state index in [2.05, 4.69) is 74.0 Å². The summed E-state index contributed by atoms with van der Waals surface area (Å²) >= 11 is 0. The van der Waals surface area contributed by atoms with E-state index in [0.29, 0.717) is 0 Å². The number of rotatable bonds is 1. The quantitative estimate of drug-likeness (QED) is 0.586. The average Bonchev–Trinajstić information content (AvgIpc) is 2.66. The van der Waals surface area contributed by atoms with Gasteiger partial charge in [-0.25, -0.2) is 0 Å². The standard InChI is InChI=1S/C17H17N/c1-12-8-13(2)10-15(9-12)17-11-14-6-4-5-7-16(14)18(17)3/h4-11H,1-3H3. The van der Waals surface area contributed by atoms with E-state index >= 15 is 0 Å². The number of aromatic nitrogens is 1. The van der Waals surface area contributed by atoms with Crippen LogP contribution in [0.25, 0.3) is 22.2 Å². The highest BCUT2D eigenvalue weighted by atomic mass is 14.9. The highest BCUT2D eigenvalue weighted by Crippen LogP contribution is 2.28. The molecule has 1 aromatic heterocycles. The minimum Gasteiger partial charge on any atom is -0.344 e. The maximum atomic E-state index is 2.27. The summed E-state index contributed by atoms with van der Waals surface area (Å²) < 4.78 is 2.27. The third kappa shape index (κ3) is 1.72. The van der Waals surface area contributed by atoms with Crippen molar-refractivity contribution in [2.24, 2.45) is 7.05 Å². The van der Waals surface area contributed by atoms with Gasteiger partial charge < -0.3 is 4.57 Å². The zero-order valence-corrected chi connectivity index (χ0v) is 11.1. The van der Waals surface area contributed by atoms with E-state index in [1.807, 2.05) is 0 Å². The van der Waals surface area contributed by atoms with Crippen molar-refractivity contribution in [3.63, 3.8) is 0 Å². The molecule has 1 heteroatoms. The molecule has 0 saturated heterocycles. The monoisotopic (exact) mass is 235 g/mol. The van der Waals surface area contributed by atoms with Gasteiger partial charge in [0.1, 0.15) is 0 Å². The number of nitrogens with zero attached hydrogens (tertiary/aromatic N) is 1. The summed E-state index contributed by atoms with van der Waals surface area (Å²) in [6.07, 6.45) is 0. The van der Waals surface area contributed by atoms with Crippen molar-refractivity contribution in [3.05, 3.63) is 59.7 Å². The van der Waals surface area contributed by atoms with Gasteiger partial charge in [-0.2, -0.15) is 0 Å². The summed E-state index contributed by atoms with van der Waals surface area (Å²) in [6, 6.07) is 17.5. The Labute approximate surface area is 108 Å². The van der Waals surface area contributed by atoms with Crippen LogP contribution in [-0.4, -0.2) is 4.57 Å². The van der Waals surface area contributed by atoms with Crippen LogP contribution >= 0.6 is 0 Å². The van der Waals surface area contributed by atoms with Crippen LogP contribution in [0.1, 0.15) is 11.1 Å². The van der Waals surface area contributed by atoms with E-state index < -0.39 is 0 Å². The number of hydrogen-bond acceptors (Lipinski definition) is 0. The Hall–Kier alpha value is -2.02. The number of para-hydroxylation sites is 1. The van der Waals surface area contributed by atoms with Crippen LogP contribution in [-0.2, 0) is 7.05 Å². The van der Waals surface area contributed by atoms with Gasteiger partial charge in [0.2, 0.25) is 0 Å². The molecule has 1 nitrogen and oxygen atoms in total. The molecule has 0 spiro atoms. The fourth-order valence-corrected chi connectivity index (χ4v) is 2.69. The Bertz CT molecular complexity index is 699. The summed E-state index contributed by atoms with van der Waals surface area (Å²) in [7, 11) is 2.13. The molecule has 0 amide bonds. The second-order valence-electron chi connectivity index (χ2n) is 5.02. The molecule has 0 unspecified atom stereocenters. The first-order valence-corrected chi connectivity index (χ1v) is 6.28. The summed E-state index contributed by atoms with van der Waals surface area (Å²) in [4.78, 5) is 0. The van der Waals surface area contributed by atoms with Gasteiger partial charge in [0, 0.05) is 23.6 Å². The highest BCUT2D eigenvalue weighted by Gasteiger charge is 2.07. The van der Waals surface area contributed by atoms with Crippen LogP contribution in [0.2, 0.25) is 0 Å². The van der Waals surface area contributed by atoms with Gasteiger partial charge in [-0.15, -0.1) is 0 Å². The van der Waals surface area contributed by atoms with Crippen molar-refractivity contribution < 1.29 is 0 Å². The molecule has 0 aliphatic heterocycles. The van der Waals surface area contributed by atoms with Crippen molar-refractivity contribution in [1.82, 2.24) is 4.57 Å². The van der Waals surface area contributed by atoms with Gasteiger partial charge in [-0.1, -0.05) is 35.4 Å². The topological polar surface area (TPSA) is 4.93 Å². The lowest BCUT2D eigenvalue weighted by Gasteiger charge is -2.07. The molecule has 0 bridgehead atoms. The van der Waals surface area contributed by atoms with Crippen LogP contribution in [0.3, 0.4) is 0 Å². The molecule has 0 aliphatic rings. The van der Waals surface area contributed by atoms with Crippen LogP contribution in [0.15, 0.2) is 48.5 Å². The molecule has 0 radical (unpaired) electrons. The summed E-state index contributed by atoms with van der Waals surface area (Å²) in [6.45, 7) is 4.30. The zero-order chi connectivity index (χ0) is 12.7. The van der Waals surface area contributed by atoms with Crippen LogP contribution < -0.4 is 0 Å². The first-order chi connectivity index (χ1) is 8.65. The molecule has 18 heavy (non-hydrogen) atoms. The van der Waals surface area contributed by atoms with Gasteiger partial charge in [0.05, 0.1) is 0 Å². The van der Waals surface area contributed by atoms with Crippen LogP contribution in [0, 0.1) is 13.8 Å². The van der Waals surface area contributed by atoms with E-state index in [9.17, 15) is 0 Å². The van der Waals surface area contributed by atoms with E-state index in [0.717, 1.165) is 0 Å². The first kappa shape index (κ1) is 11.1. The van der Waals surface area contributed by atoms with Gasteiger partial charge >= 0.3 is 0 Å². The molecule has 0 aliphatic carbocycles. The molecule has 3 rings (SSSR count). The van der Waals surface area contributed by atoms with Gasteiger partial charge in [0.15, 0.2) is 0 Å². The lowest BCUT2D eigenvalue weighted by atomic mass is 10.0. The third-order valence-electron chi connectivity index (χ3n) is 3.47. The fraction of sp³-hybridized carbons (Fsp3) is 0.176. The van der Waals surface area contributed by atoms with Crippen molar-refractivity contribution in [2.75, 3.05) is 0 Å². The Morgan fingerprint density at radius 1 is 0.833 bits per heavy atom. The molecular weight excluding hydrogens is 218 g/mol. The number of hydrogen-bond donors (Lipinski definition) is 0. The Morgan fingerprint density at radius 2 is 1.50 bits per heavy atom. The maximum Gasteiger partial charge on any atom is 0.0488 e. The largest absolute Gasteiger partial charge is 0.344 e. The highest BCUT2D eigenvalue weighted by molar-refractivity contribution is 5.87. The second-order valence-corrected chi connectivity index (χ2v) is 5.02. The van der Waals surface area contributed by atoms with E-state index in [1.165, 1.54) is 33.3 Å². The zero-order valence-electron chi connectivity index (χ0n) is 11.1. The Balaban J connectivity index is 2.28. The summed E-state index contributed by atoms with van der Waals surface area (Å²) in [5, 5.41) is 1.30.